The third-order valence-electron chi connectivity index (χ3n) is 4.74. The summed E-state index contributed by atoms with van der Waals surface area (Å²) in [7, 11) is 0. The maximum absolute atomic E-state index is 12.8. The van der Waals surface area contributed by atoms with Crippen LogP contribution in [0.2, 0.25) is 5.02 Å². The van der Waals surface area contributed by atoms with Crippen molar-refractivity contribution in [1.29, 1.82) is 0 Å². The zero-order valence-corrected chi connectivity index (χ0v) is 16.2. The van der Waals surface area contributed by atoms with Crippen molar-refractivity contribution >= 4 is 35.2 Å². The zero-order chi connectivity index (χ0) is 19.8. The van der Waals surface area contributed by atoms with E-state index in [1.54, 1.807) is 18.2 Å². The van der Waals surface area contributed by atoms with E-state index in [9.17, 15) is 9.59 Å². The van der Waals surface area contributed by atoms with Gasteiger partial charge < -0.3 is 4.57 Å². The SMILES string of the molecule is Cc1cc(C=C2C(=O)NN(c3ccccc3)C2=O)c(C)n1-c1cccc(Cl)c1. The van der Waals surface area contributed by atoms with Crippen LogP contribution in [-0.4, -0.2) is 16.4 Å². The summed E-state index contributed by atoms with van der Waals surface area (Å²) < 4.78 is 2.05. The number of nitrogens with zero attached hydrogens (tertiary/aromatic N) is 2. The molecule has 5 nitrogen and oxygen atoms in total. The summed E-state index contributed by atoms with van der Waals surface area (Å²) in [4.78, 5) is 25.2. The molecule has 6 heteroatoms. The number of hydrogen-bond acceptors (Lipinski definition) is 2. The molecule has 2 amide bonds. The maximum atomic E-state index is 12.8. The Morgan fingerprint density at radius 2 is 1.64 bits per heavy atom. The first-order valence-corrected chi connectivity index (χ1v) is 9.20. The highest BCUT2D eigenvalue weighted by atomic mass is 35.5. The van der Waals surface area contributed by atoms with Crippen molar-refractivity contribution in [3.8, 4) is 5.69 Å². The van der Waals surface area contributed by atoms with Gasteiger partial charge in [0.25, 0.3) is 11.8 Å². The minimum Gasteiger partial charge on any atom is -0.318 e. The molecule has 0 atom stereocenters. The van der Waals surface area contributed by atoms with Gasteiger partial charge in [0.1, 0.15) is 5.57 Å². The number of hydrogen-bond donors (Lipinski definition) is 1. The van der Waals surface area contributed by atoms with Crippen molar-refractivity contribution in [1.82, 2.24) is 9.99 Å². The van der Waals surface area contributed by atoms with E-state index in [1.165, 1.54) is 5.01 Å². The Balaban J connectivity index is 1.73. The molecular formula is C22H18ClN3O2. The molecule has 3 aromatic rings. The molecule has 2 heterocycles. The number of halogens is 1. The first-order valence-electron chi connectivity index (χ1n) is 8.83. The van der Waals surface area contributed by atoms with Crippen LogP contribution < -0.4 is 10.4 Å². The third kappa shape index (κ3) is 3.10. The van der Waals surface area contributed by atoms with Crippen LogP contribution in [0.4, 0.5) is 5.69 Å². The molecule has 1 aliphatic heterocycles. The van der Waals surface area contributed by atoms with Crippen molar-refractivity contribution in [2.24, 2.45) is 0 Å². The van der Waals surface area contributed by atoms with Gasteiger partial charge in [-0.05, 0) is 61.9 Å². The second-order valence-electron chi connectivity index (χ2n) is 6.62. The number of aromatic nitrogens is 1. The highest BCUT2D eigenvalue weighted by Gasteiger charge is 2.34. The topological polar surface area (TPSA) is 54.3 Å². The standard InChI is InChI=1S/C22H18ClN3O2/c1-14-11-16(15(2)25(14)19-10-6-7-17(23)13-19)12-20-21(27)24-26(22(20)28)18-8-4-3-5-9-18/h3-13H,1-2H3,(H,24,27). The molecule has 0 bridgehead atoms. The summed E-state index contributed by atoms with van der Waals surface area (Å²) in [5.74, 6) is -0.787. The fraction of sp³-hybridized carbons (Fsp3) is 0.0909. The Labute approximate surface area is 167 Å². The van der Waals surface area contributed by atoms with E-state index < -0.39 is 5.91 Å². The molecule has 2 aromatic carbocycles. The number of aryl methyl sites for hydroxylation is 1. The van der Waals surface area contributed by atoms with Crippen molar-refractivity contribution in [3.05, 3.63) is 88.2 Å². The van der Waals surface area contributed by atoms with Crippen LogP contribution in [0.5, 0.6) is 0 Å². The molecule has 28 heavy (non-hydrogen) atoms. The van der Waals surface area contributed by atoms with Gasteiger partial charge in [0.05, 0.1) is 5.69 Å². The second-order valence-corrected chi connectivity index (χ2v) is 7.05. The van der Waals surface area contributed by atoms with Gasteiger partial charge in [0.15, 0.2) is 0 Å². The van der Waals surface area contributed by atoms with E-state index in [1.807, 2.05) is 66.9 Å². The summed E-state index contributed by atoms with van der Waals surface area (Å²) in [6.07, 6.45) is 1.64. The van der Waals surface area contributed by atoms with Crippen LogP contribution in [0.15, 0.2) is 66.2 Å². The van der Waals surface area contributed by atoms with Crippen molar-refractivity contribution < 1.29 is 9.59 Å². The molecule has 1 N–H and O–H groups in total. The number of hydrazine groups is 1. The molecule has 0 unspecified atom stereocenters. The number of carbonyl (C=O) groups excluding carboxylic acids is 2. The minimum atomic E-state index is -0.415. The molecule has 1 aromatic heterocycles. The lowest BCUT2D eigenvalue weighted by Gasteiger charge is -2.13. The van der Waals surface area contributed by atoms with Crippen LogP contribution in [0.25, 0.3) is 11.8 Å². The molecule has 1 saturated heterocycles. The van der Waals surface area contributed by atoms with Crippen molar-refractivity contribution in [2.75, 3.05) is 5.01 Å². The maximum Gasteiger partial charge on any atom is 0.282 e. The first-order chi connectivity index (χ1) is 13.5. The van der Waals surface area contributed by atoms with Gasteiger partial charge in [0.2, 0.25) is 0 Å². The van der Waals surface area contributed by atoms with E-state index in [-0.39, 0.29) is 11.5 Å². The molecular weight excluding hydrogens is 374 g/mol. The minimum absolute atomic E-state index is 0.107. The molecule has 140 valence electrons. The van der Waals surface area contributed by atoms with Gasteiger partial charge in [0, 0.05) is 22.1 Å². The molecule has 0 radical (unpaired) electrons. The quantitative estimate of drug-likeness (QED) is 0.537. The summed E-state index contributed by atoms with van der Waals surface area (Å²) in [6.45, 7) is 3.93. The van der Waals surface area contributed by atoms with Crippen molar-refractivity contribution in [3.63, 3.8) is 0 Å². The van der Waals surface area contributed by atoms with Gasteiger partial charge >= 0.3 is 0 Å². The Morgan fingerprint density at radius 1 is 0.929 bits per heavy atom. The van der Waals surface area contributed by atoms with Crippen LogP contribution >= 0.6 is 11.6 Å². The average molecular weight is 392 g/mol. The number of rotatable bonds is 3. The lowest BCUT2D eigenvalue weighted by Crippen LogP contribution is -2.35. The Kier molecular flexibility index (Phi) is 4.53. The Morgan fingerprint density at radius 3 is 2.36 bits per heavy atom. The van der Waals surface area contributed by atoms with Crippen LogP contribution in [0.1, 0.15) is 17.0 Å². The van der Waals surface area contributed by atoms with Gasteiger partial charge in [-0.3, -0.25) is 15.0 Å². The second kappa shape index (κ2) is 7.02. The summed E-state index contributed by atoms with van der Waals surface area (Å²) >= 11 is 6.13. The lowest BCUT2D eigenvalue weighted by molar-refractivity contribution is -0.117. The van der Waals surface area contributed by atoms with E-state index in [0.29, 0.717) is 10.7 Å². The summed E-state index contributed by atoms with van der Waals surface area (Å²) in [6, 6.07) is 18.5. The Hall–Kier alpha value is -3.31. The van der Waals surface area contributed by atoms with Crippen molar-refractivity contribution in [2.45, 2.75) is 13.8 Å². The fourth-order valence-corrected chi connectivity index (χ4v) is 3.60. The molecule has 4 rings (SSSR count). The van der Waals surface area contributed by atoms with E-state index >= 15 is 0 Å². The summed E-state index contributed by atoms with van der Waals surface area (Å²) in [5.41, 5.74) is 7.00. The Bertz CT molecular complexity index is 1120. The first kappa shape index (κ1) is 18.1. The number of nitrogens with one attached hydrogen (secondary N) is 1. The highest BCUT2D eigenvalue weighted by Crippen LogP contribution is 2.26. The monoisotopic (exact) mass is 391 g/mol. The zero-order valence-electron chi connectivity index (χ0n) is 15.4. The fourth-order valence-electron chi connectivity index (χ4n) is 3.42. The van der Waals surface area contributed by atoms with E-state index in [2.05, 4.69) is 5.43 Å². The number of amides is 2. The highest BCUT2D eigenvalue weighted by molar-refractivity contribution is 6.31. The van der Waals surface area contributed by atoms with Gasteiger partial charge in [-0.25, -0.2) is 5.01 Å². The normalized spacial score (nSPS) is 15.4. The number of carbonyl (C=O) groups is 2. The largest absolute Gasteiger partial charge is 0.318 e. The molecule has 1 aliphatic rings. The number of para-hydroxylation sites is 1. The molecule has 0 aliphatic carbocycles. The average Bonchev–Trinajstić information content (AvgIpc) is 3.12. The van der Waals surface area contributed by atoms with Crippen LogP contribution in [0.3, 0.4) is 0 Å². The molecule has 0 saturated carbocycles. The van der Waals surface area contributed by atoms with E-state index in [4.69, 9.17) is 11.6 Å². The molecule has 1 fully saturated rings. The number of benzene rings is 2. The van der Waals surface area contributed by atoms with Gasteiger partial charge in [-0.15, -0.1) is 0 Å². The third-order valence-corrected chi connectivity index (χ3v) is 4.98. The van der Waals surface area contributed by atoms with Gasteiger partial charge in [-0.2, -0.15) is 0 Å². The molecule has 0 spiro atoms. The summed E-state index contributed by atoms with van der Waals surface area (Å²) in [5, 5.41) is 1.92. The smallest absolute Gasteiger partial charge is 0.282 e. The van der Waals surface area contributed by atoms with Crippen LogP contribution in [0, 0.1) is 13.8 Å². The number of anilines is 1. The van der Waals surface area contributed by atoms with Crippen LogP contribution in [-0.2, 0) is 9.59 Å². The van der Waals surface area contributed by atoms with E-state index in [0.717, 1.165) is 22.6 Å². The predicted octanol–water partition coefficient (Wildman–Crippen LogP) is 4.21. The van der Waals surface area contributed by atoms with Gasteiger partial charge in [-0.1, -0.05) is 35.9 Å². The predicted molar refractivity (Wildman–Crippen MR) is 110 cm³/mol. The lowest BCUT2D eigenvalue weighted by atomic mass is 10.1.